The Hall–Kier alpha value is -2.10. The molecule has 0 radical (unpaired) electrons. The summed E-state index contributed by atoms with van der Waals surface area (Å²) in [6, 6.07) is 7.53. The number of fused-ring (bicyclic) bond motifs is 1. The van der Waals surface area contributed by atoms with Gasteiger partial charge in [0.05, 0.1) is 5.56 Å². The number of nitrogens with zero attached hydrogens (tertiary/aromatic N) is 1. The maximum Gasteiger partial charge on any atom is 0.253 e. The van der Waals surface area contributed by atoms with Crippen molar-refractivity contribution in [1.29, 1.82) is 0 Å². The summed E-state index contributed by atoms with van der Waals surface area (Å²) in [5.41, 5.74) is 6.37. The number of hydrogen-bond acceptors (Lipinski definition) is 3. The zero-order valence-corrected chi connectivity index (χ0v) is 10.6. The summed E-state index contributed by atoms with van der Waals surface area (Å²) in [5.74, 6) is 0.764. The largest absolute Gasteiger partial charge is 0.383 e. The van der Waals surface area contributed by atoms with Crippen LogP contribution >= 0.6 is 0 Å². The van der Waals surface area contributed by atoms with E-state index in [1.54, 1.807) is 0 Å². The van der Waals surface area contributed by atoms with Gasteiger partial charge in [0.25, 0.3) is 5.91 Å². The first-order chi connectivity index (χ1) is 8.59. The number of pyridine rings is 1. The van der Waals surface area contributed by atoms with Gasteiger partial charge in [0.2, 0.25) is 0 Å². The molecule has 2 aromatic rings. The lowest BCUT2D eigenvalue weighted by Crippen LogP contribution is -2.27. The summed E-state index contributed by atoms with van der Waals surface area (Å²) in [6.07, 6.45) is 1.54. The van der Waals surface area contributed by atoms with Crippen molar-refractivity contribution in [3.63, 3.8) is 0 Å². The number of carbonyl (C=O) groups is 1. The molecule has 0 saturated heterocycles. The third kappa shape index (κ3) is 2.42. The Kier molecular flexibility index (Phi) is 3.46. The molecular formula is C14H17N3O. The highest BCUT2D eigenvalue weighted by molar-refractivity contribution is 6.08. The lowest BCUT2D eigenvalue weighted by molar-refractivity contribution is 0.0950. The Morgan fingerprint density at radius 3 is 2.67 bits per heavy atom. The number of anilines is 1. The average molecular weight is 243 g/mol. The third-order valence-corrected chi connectivity index (χ3v) is 2.74. The number of benzene rings is 1. The molecule has 1 aromatic carbocycles. The van der Waals surface area contributed by atoms with Crippen molar-refractivity contribution in [2.24, 2.45) is 5.92 Å². The third-order valence-electron chi connectivity index (χ3n) is 2.74. The maximum absolute atomic E-state index is 12.1. The van der Waals surface area contributed by atoms with Crippen LogP contribution in [-0.2, 0) is 0 Å². The van der Waals surface area contributed by atoms with Crippen molar-refractivity contribution in [3.8, 4) is 0 Å². The van der Waals surface area contributed by atoms with Crippen LogP contribution in [0.2, 0.25) is 0 Å². The van der Waals surface area contributed by atoms with E-state index in [2.05, 4.69) is 24.1 Å². The first kappa shape index (κ1) is 12.4. The number of nitrogens with one attached hydrogen (secondary N) is 1. The second-order valence-electron chi connectivity index (χ2n) is 4.71. The molecule has 1 aromatic heterocycles. The zero-order chi connectivity index (χ0) is 13.1. The van der Waals surface area contributed by atoms with Crippen molar-refractivity contribution in [2.45, 2.75) is 13.8 Å². The molecule has 1 heterocycles. The van der Waals surface area contributed by atoms with Crippen LogP contribution < -0.4 is 11.1 Å². The molecule has 94 valence electrons. The van der Waals surface area contributed by atoms with E-state index >= 15 is 0 Å². The molecule has 18 heavy (non-hydrogen) atoms. The van der Waals surface area contributed by atoms with E-state index in [0.29, 0.717) is 23.8 Å². The first-order valence-electron chi connectivity index (χ1n) is 6.01. The minimum Gasteiger partial charge on any atom is -0.383 e. The number of rotatable bonds is 3. The van der Waals surface area contributed by atoms with Gasteiger partial charge in [-0.05, 0) is 11.3 Å². The molecule has 0 aliphatic heterocycles. The number of aromatic nitrogens is 1. The molecule has 3 N–H and O–H groups in total. The molecule has 2 rings (SSSR count). The summed E-state index contributed by atoms with van der Waals surface area (Å²) < 4.78 is 0. The molecule has 0 atom stereocenters. The summed E-state index contributed by atoms with van der Waals surface area (Å²) in [6.45, 7) is 4.76. The van der Waals surface area contributed by atoms with Gasteiger partial charge in [0.1, 0.15) is 5.82 Å². The SMILES string of the molecule is CC(C)CNC(=O)c1cnc(N)c2ccccc12. The second kappa shape index (κ2) is 5.04. The van der Waals surface area contributed by atoms with Crippen LogP contribution in [0.25, 0.3) is 10.8 Å². The van der Waals surface area contributed by atoms with Gasteiger partial charge in [0, 0.05) is 18.1 Å². The van der Waals surface area contributed by atoms with Gasteiger partial charge in [-0.25, -0.2) is 4.98 Å². The molecule has 0 saturated carbocycles. The van der Waals surface area contributed by atoms with Crippen LogP contribution in [0.3, 0.4) is 0 Å². The number of carbonyl (C=O) groups excluding carboxylic acids is 1. The van der Waals surface area contributed by atoms with Crippen molar-refractivity contribution in [2.75, 3.05) is 12.3 Å². The molecule has 4 heteroatoms. The van der Waals surface area contributed by atoms with Gasteiger partial charge in [-0.3, -0.25) is 4.79 Å². The monoisotopic (exact) mass is 243 g/mol. The molecule has 4 nitrogen and oxygen atoms in total. The van der Waals surface area contributed by atoms with Gasteiger partial charge < -0.3 is 11.1 Å². The van der Waals surface area contributed by atoms with Gasteiger partial charge >= 0.3 is 0 Å². The number of amides is 1. The van der Waals surface area contributed by atoms with E-state index in [0.717, 1.165) is 10.8 Å². The highest BCUT2D eigenvalue weighted by atomic mass is 16.1. The van der Waals surface area contributed by atoms with E-state index in [1.165, 1.54) is 6.20 Å². The van der Waals surface area contributed by atoms with Gasteiger partial charge in [-0.1, -0.05) is 38.1 Å². The molecule has 0 fully saturated rings. The predicted octanol–water partition coefficient (Wildman–Crippen LogP) is 2.20. The molecule has 0 aliphatic carbocycles. The van der Waals surface area contributed by atoms with E-state index in [4.69, 9.17) is 5.73 Å². The van der Waals surface area contributed by atoms with Gasteiger partial charge in [0.15, 0.2) is 0 Å². The van der Waals surface area contributed by atoms with Crippen LogP contribution in [0.1, 0.15) is 24.2 Å². The Labute approximate surface area is 106 Å². The second-order valence-corrected chi connectivity index (χ2v) is 4.71. The Balaban J connectivity index is 2.39. The van der Waals surface area contributed by atoms with E-state index in [1.807, 2.05) is 24.3 Å². The minimum atomic E-state index is -0.104. The highest BCUT2D eigenvalue weighted by Crippen LogP contribution is 2.22. The summed E-state index contributed by atoms with van der Waals surface area (Å²) in [5, 5.41) is 4.54. The van der Waals surface area contributed by atoms with Crippen LogP contribution in [0.15, 0.2) is 30.5 Å². The zero-order valence-electron chi connectivity index (χ0n) is 10.6. The van der Waals surface area contributed by atoms with Crippen LogP contribution in [0.4, 0.5) is 5.82 Å². The summed E-state index contributed by atoms with van der Waals surface area (Å²) in [7, 11) is 0. The van der Waals surface area contributed by atoms with Crippen LogP contribution in [0, 0.1) is 5.92 Å². The molecule has 0 spiro atoms. The fourth-order valence-corrected chi connectivity index (χ4v) is 1.79. The molecule has 0 unspecified atom stereocenters. The Morgan fingerprint density at radius 2 is 2.00 bits per heavy atom. The smallest absolute Gasteiger partial charge is 0.253 e. The Morgan fingerprint density at radius 1 is 1.33 bits per heavy atom. The van der Waals surface area contributed by atoms with Crippen molar-refractivity contribution in [1.82, 2.24) is 10.3 Å². The van der Waals surface area contributed by atoms with E-state index in [-0.39, 0.29) is 5.91 Å². The van der Waals surface area contributed by atoms with E-state index in [9.17, 15) is 4.79 Å². The normalized spacial score (nSPS) is 10.8. The van der Waals surface area contributed by atoms with Gasteiger partial charge in [-0.15, -0.1) is 0 Å². The molecular weight excluding hydrogens is 226 g/mol. The molecule has 0 bridgehead atoms. The van der Waals surface area contributed by atoms with Crippen molar-refractivity contribution in [3.05, 3.63) is 36.0 Å². The minimum absolute atomic E-state index is 0.104. The van der Waals surface area contributed by atoms with Crippen molar-refractivity contribution >= 4 is 22.5 Å². The molecule has 0 aliphatic rings. The van der Waals surface area contributed by atoms with Crippen LogP contribution in [-0.4, -0.2) is 17.4 Å². The van der Waals surface area contributed by atoms with Crippen molar-refractivity contribution < 1.29 is 4.79 Å². The van der Waals surface area contributed by atoms with Gasteiger partial charge in [-0.2, -0.15) is 0 Å². The maximum atomic E-state index is 12.1. The summed E-state index contributed by atoms with van der Waals surface area (Å²) in [4.78, 5) is 16.2. The number of nitrogen functional groups attached to an aromatic ring is 1. The lowest BCUT2D eigenvalue weighted by Gasteiger charge is -2.10. The fraction of sp³-hybridized carbons (Fsp3) is 0.286. The van der Waals surface area contributed by atoms with Crippen LogP contribution in [0.5, 0.6) is 0 Å². The number of nitrogens with two attached hydrogens (primary N) is 1. The first-order valence-corrected chi connectivity index (χ1v) is 6.01. The predicted molar refractivity (Wildman–Crippen MR) is 73.3 cm³/mol. The quantitative estimate of drug-likeness (QED) is 0.868. The fourth-order valence-electron chi connectivity index (χ4n) is 1.79. The highest BCUT2D eigenvalue weighted by Gasteiger charge is 2.12. The number of hydrogen-bond donors (Lipinski definition) is 2. The molecule has 1 amide bonds. The average Bonchev–Trinajstić information content (AvgIpc) is 2.37. The summed E-state index contributed by atoms with van der Waals surface area (Å²) >= 11 is 0. The standard InChI is InChI=1S/C14H17N3O/c1-9(2)7-17-14(18)12-8-16-13(15)11-6-4-3-5-10(11)12/h3-6,8-9H,7H2,1-2H3,(H2,15,16)(H,17,18). The van der Waals surface area contributed by atoms with E-state index < -0.39 is 0 Å². The lowest BCUT2D eigenvalue weighted by atomic mass is 10.1. The Bertz CT molecular complexity index is 578. The topological polar surface area (TPSA) is 68.0 Å².